The van der Waals surface area contributed by atoms with Crippen molar-refractivity contribution in [2.24, 2.45) is 11.8 Å². The average Bonchev–Trinajstić information content (AvgIpc) is 2.20. The molecule has 2 nitrogen and oxygen atoms in total. The van der Waals surface area contributed by atoms with E-state index >= 15 is 0 Å². The van der Waals surface area contributed by atoms with E-state index in [4.69, 9.17) is 4.74 Å². The molecule has 0 fully saturated rings. The summed E-state index contributed by atoms with van der Waals surface area (Å²) < 4.78 is 6.32. The van der Waals surface area contributed by atoms with E-state index < -0.39 is 0 Å². The first-order valence-corrected chi connectivity index (χ1v) is 6.54. The molecule has 0 spiro atoms. The van der Waals surface area contributed by atoms with Crippen molar-refractivity contribution < 1.29 is 9.53 Å². The van der Waals surface area contributed by atoms with Crippen LogP contribution in [0.25, 0.3) is 0 Å². The zero-order valence-electron chi connectivity index (χ0n) is 9.87. The van der Waals surface area contributed by atoms with Gasteiger partial charge in [-0.1, -0.05) is 32.9 Å². The smallest absolute Gasteiger partial charge is 0.314 e. The molecule has 0 aliphatic heterocycles. The lowest BCUT2D eigenvalue weighted by atomic mass is 9.99. The molecule has 3 heteroatoms. The summed E-state index contributed by atoms with van der Waals surface area (Å²) in [7, 11) is 0. The minimum atomic E-state index is -0.141. The van der Waals surface area contributed by atoms with Gasteiger partial charge in [-0.15, -0.1) is 0 Å². The lowest BCUT2D eigenvalue weighted by molar-refractivity contribution is -0.138. The van der Waals surface area contributed by atoms with Gasteiger partial charge >= 0.3 is 5.97 Å². The quantitative estimate of drug-likeness (QED) is 0.475. The third-order valence-corrected chi connectivity index (χ3v) is 3.17. The Hall–Kier alpha value is -0.580. The van der Waals surface area contributed by atoms with E-state index in [1.807, 2.05) is 31.2 Å². The van der Waals surface area contributed by atoms with Crippen LogP contribution in [0.1, 0.15) is 27.2 Å². The van der Waals surface area contributed by atoms with E-state index in [0.29, 0.717) is 11.7 Å². The molecule has 1 aromatic rings. The highest BCUT2D eigenvalue weighted by atomic mass is 127. The number of benzene rings is 1. The Balaban J connectivity index is 2.61. The highest BCUT2D eigenvalue weighted by molar-refractivity contribution is 14.1. The van der Waals surface area contributed by atoms with Gasteiger partial charge in [0.15, 0.2) is 0 Å². The average molecular weight is 332 g/mol. The molecular weight excluding hydrogens is 315 g/mol. The van der Waals surface area contributed by atoms with E-state index in [1.54, 1.807) is 0 Å². The van der Waals surface area contributed by atoms with Crippen molar-refractivity contribution in [3.05, 3.63) is 27.8 Å². The molecule has 1 atom stereocenters. The fourth-order valence-corrected chi connectivity index (χ4v) is 2.04. The van der Waals surface area contributed by atoms with Crippen LogP contribution in [0.5, 0.6) is 5.75 Å². The number of carbonyl (C=O) groups is 1. The maximum absolute atomic E-state index is 11.8. The molecule has 88 valence electrons. The second-order valence-electron chi connectivity index (χ2n) is 4.38. The molecule has 0 saturated heterocycles. The maximum Gasteiger partial charge on any atom is 0.314 e. The van der Waals surface area contributed by atoms with Crippen molar-refractivity contribution >= 4 is 28.6 Å². The number of para-hydroxylation sites is 1. The van der Waals surface area contributed by atoms with E-state index in [-0.39, 0.29) is 11.9 Å². The van der Waals surface area contributed by atoms with E-state index in [1.165, 1.54) is 0 Å². The van der Waals surface area contributed by atoms with Gasteiger partial charge in [0.05, 0.1) is 9.49 Å². The highest BCUT2D eigenvalue weighted by Gasteiger charge is 2.17. The van der Waals surface area contributed by atoms with Crippen LogP contribution in [0.2, 0.25) is 0 Å². The molecule has 0 heterocycles. The largest absolute Gasteiger partial charge is 0.425 e. The van der Waals surface area contributed by atoms with Gasteiger partial charge in [-0.3, -0.25) is 4.79 Å². The summed E-state index contributed by atoms with van der Waals surface area (Å²) in [5.41, 5.74) is 0. The first-order chi connectivity index (χ1) is 7.50. The topological polar surface area (TPSA) is 26.3 Å². The van der Waals surface area contributed by atoms with Crippen molar-refractivity contribution in [2.75, 3.05) is 0 Å². The molecule has 16 heavy (non-hydrogen) atoms. The molecule has 0 aliphatic rings. The summed E-state index contributed by atoms with van der Waals surface area (Å²) in [6, 6.07) is 7.55. The number of hydrogen-bond donors (Lipinski definition) is 0. The predicted molar refractivity (Wildman–Crippen MR) is 73.4 cm³/mol. The van der Waals surface area contributed by atoms with Gasteiger partial charge in [0, 0.05) is 0 Å². The van der Waals surface area contributed by atoms with Crippen LogP contribution in [0.15, 0.2) is 24.3 Å². The van der Waals surface area contributed by atoms with Crippen LogP contribution in [-0.4, -0.2) is 5.97 Å². The molecular formula is C13H17IO2. The van der Waals surface area contributed by atoms with Crippen molar-refractivity contribution in [1.82, 2.24) is 0 Å². The zero-order valence-corrected chi connectivity index (χ0v) is 12.0. The van der Waals surface area contributed by atoms with Crippen molar-refractivity contribution in [3.8, 4) is 5.75 Å². The Morgan fingerprint density at radius 3 is 2.50 bits per heavy atom. The van der Waals surface area contributed by atoms with Gasteiger partial charge in [-0.2, -0.15) is 0 Å². The van der Waals surface area contributed by atoms with Gasteiger partial charge in [-0.05, 0) is 47.1 Å². The number of ether oxygens (including phenoxy) is 1. The summed E-state index contributed by atoms with van der Waals surface area (Å²) in [6.07, 6.45) is 0.863. The molecule has 1 aromatic carbocycles. The Kier molecular flexibility index (Phi) is 5.25. The number of hydrogen-bond acceptors (Lipinski definition) is 2. The molecule has 0 N–H and O–H groups in total. The fraction of sp³-hybridized carbons (Fsp3) is 0.462. The van der Waals surface area contributed by atoms with E-state index in [2.05, 4.69) is 36.4 Å². The maximum atomic E-state index is 11.8. The molecule has 0 radical (unpaired) electrons. The summed E-state index contributed by atoms with van der Waals surface area (Å²) in [5.74, 6) is 0.981. The SMILES string of the molecule is CC(C)CC(C)C(=O)Oc1ccccc1I. The minimum Gasteiger partial charge on any atom is -0.425 e. The molecule has 1 rings (SSSR count). The van der Waals surface area contributed by atoms with Crippen LogP contribution >= 0.6 is 22.6 Å². The normalized spacial score (nSPS) is 12.6. The zero-order chi connectivity index (χ0) is 12.1. The van der Waals surface area contributed by atoms with Crippen LogP contribution < -0.4 is 4.74 Å². The number of halogens is 1. The first-order valence-electron chi connectivity index (χ1n) is 5.47. The van der Waals surface area contributed by atoms with Crippen LogP contribution in [0.3, 0.4) is 0 Å². The monoisotopic (exact) mass is 332 g/mol. The molecule has 0 aromatic heterocycles. The van der Waals surface area contributed by atoms with Crippen molar-refractivity contribution in [1.29, 1.82) is 0 Å². The summed E-state index contributed by atoms with van der Waals surface area (Å²) in [4.78, 5) is 11.8. The van der Waals surface area contributed by atoms with Crippen LogP contribution in [-0.2, 0) is 4.79 Å². The van der Waals surface area contributed by atoms with Crippen LogP contribution in [0.4, 0.5) is 0 Å². The molecule has 0 saturated carbocycles. The standard InChI is InChI=1S/C13H17IO2/c1-9(2)8-10(3)13(15)16-12-7-5-4-6-11(12)14/h4-7,9-10H,8H2,1-3H3. The molecule has 0 aliphatic carbocycles. The van der Waals surface area contributed by atoms with Gasteiger partial charge in [-0.25, -0.2) is 0 Å². The lowest BCUT2D eigenvalue weighted by Gasteiger charge is -2.13. The first kappa shape index (κ1) is 13.5. The molecule has 0 amide bonds. The molecule has 0 bridgehead atoms. The van der Waals surface area contributed by atoms with Crippen molar-refractivity contribution in [3.63, 3.8) is 0 Å². The van der Waals surface area contributed by atoms with Crippen molar-refractivity contribution in [2.45, 2.75) is 27.2 Å². The van der Waals surface area contributed by atoms with E-state index in [9.17, 15) is 4.79 Å². The number of carbonyl (C=O) groups excluding carboxylic acids is 1. The van der Waals surface area contributed by atoms with Crippen LogP contribution in [0, 0.1) is 15.4 Å². The van der Waals surface area contributed by atoms with Gasteiger partial charge in [0.2, 0.25) is 0 Å². The van der Waals surface area contributed by atoms with Gasteiger partial charge in [0.1, 0.15) is 5.75 Å². The second-order valence-corrected chi connectivity index (χ2v) is 5.54. The Morgan fingerprint density at radius 1 is 1.31 bits per heavy atom. The van der Waals surface area contributed by atoms with Gasteiger partial charge < -0.3 is 4.74 Å². The number of esters is 1. The Labute approximate surface area is 111 Å². The minimum absolute atomic E-state index is 0.0454. The third kappa shape index (κ3) is 4.12. The molecule has 1 unspecified atom stereocenters. The third-order valence-electron chi connectivity index (χ3n) is 2.27. The Bertz CT molecular complexity index is 361. The summed E-state index contributed by atoms with van der Waals surface area (Å²) >= 11 is 2.17. The van der Waals surface area contributed by atoms with E-state index in [0.717, 1.165) is 9.99 Å². The predicted octanol–water partition coefficient (Wildman–Crippen LogP) is 3.88. The lowest BCUT2D eigenvalue weighted by Crippen LogP contribution is -2.19. The second kappa shape index (κ2) is 6.23. The van der Waals surface area contributed by atoms with Gasteiger partial charge in [0.25, 0.3) is 0 Å². The summed E-state index contributed by atoms with van der Waals surface area (Å²) in [6.45, 7) is 6.13. The highest BCUT2D eigenvalue weighted by Crippen LogP contribution is 2.22. The number of rotatable bonds is 4. The summed E-state index contributed by atoms with van der Waals surface area (Å²) in [5, 5.41) is 0. The Morgan fingerprint density at radius 2 is 1.94 bits per heavy atom. The fourth-order valence-electron chi connectivity index (χ4n) is 1.54.